The Morgan fingerprint density at radius 3 is 2.15 bits per heavy atom. The number of esters is 1. The average Bonchev–Trinajstić information content (AvgIpc) is 3.24. The molecule has 0 aliphatic heterocycles. The predicted octanol–water partition coefficient (Wildman–Crippen LogP) is 7.80. The highest BCUT2D eigenvalue weighted by Crippen LogP contribution is 2.42. The summed E-state index contributed by atoms with van der Waals surface area (Å²) in [6.45, 7) is 7.02. The minimum Gasteiger partial charge on any atom is -0.461 e. The number of halogens is 2. The molecule has 1 heterocycles. The molecule has 3 aromatic carbocycles. The number of ether oxygens (including phenoxy) is 2. The van der Waals surface area contributed by atoms with Gasteiger partial charge >= 0.3 is 12.1 Å². The van der Waals surface area contributed by atoms with Crippen molar-refractivity contribution in [2.75, 3.05) is 18.1 Å². The summed E-state index contributed by atoms with van der Waals surface area (Å²) < 4.78 is 12.2. The number of fused-ring (bicyclic) bond motifs is 1. The zero-order chi connectivity index (χ0) is 29.0. The van der Waals surface area contributed by atoms with Crippen LogP contribution in [-0.4, -0.2) is 41.2 Å². The minimum absolute atomic E-state index is 0.0598. The minimum atomic E-state index is -0.866. The standard InChI is InChI=1S/C31H30Cl2N2O5/c1-5-39-29(37)28-27(26-23(33)16-22(32)17-24(26)35(28)30(38)40-31(2,3)4)34(18-20-12-8-6-9-13-20)19-25(36)21-14-10-7-11-15-21/h6-17H,5,18-19H2,1-4H3. The number of Topliss-reactive ketones (excluding diaryl/α,β-unsaturated/α-hetero) is 1. The summed E-state index contributed by atoms with van der Waals surface area (Å²) in [6.07, 6.45) is -0.806. The molecule has 0 atom stereocenters. The lowest BCUT2D eigenvalue weighted by Gasteiger charge is -2.26. The predicted molar refractivity (Wildman–Crippen MR) is 158 cm³/mol. The van der Waals surface area contributed by atoms with Crippen LogP contribution >= 0.6 is 23.2 Å². The Hall–Kier alpha value is -3.81. The van der Waals surface area contributed by atoms with Crippen LogP contribution in [0.1, 0.15) is 54.1 Å². The summed E-state index contributed by atoms with van der Waals surface area (Å²) in [5, 5.41) is 0.837. The van der Waals surface area contributed by atoms with Crippen LogP contribution in [0.2, 0.25) is 10.0 Å². The number of hydrogen-bond acceptors (Lipinski definition) is 6. The van der Waals surface area contributed by atoms with Gasteiger partial charge in [0.15, 0.2) is 11.5 Å². The molecule has 0 saturated heterocycles. The largest absolute Gasteiger partial charge is 0.461 e. The van der Waals surface area contributed by atoms with E-state index in [1.807, 2.05) is 36.4 Å². The molecule has 0 aliphatic carbocycles. The third-order valence-corrected chi connectivity index (χ3v) is 6.48. The van der Waals surface area contributed by atoms with E-state index in [4.69, 9.17) is 32.7 Å². The number of carbonyl (C=O) groups is 3. The van der Waals surface area contributed by atoms with Crippen molar-refractivity contribution in [1.29, 1.82) is 0 Å². The summed E-state index contributed by atoms with van der Waals surface area (Å²) >= 11 is 13.1. The van der Waals surface area contributed by atoms with Gasteiger partial charge in [0, 0.05) is 22.5 Å². The molecular formula is C31H30Cl2N2O5. The number of rotatable bonds is 8. The van der Waals surface area contributed by atoms with Crippen LogP contribution in [0.25, 0.3) is 10.9 Å². The molecule has 7 nitrogen and oxygen atoms in total. The number of anilines is 1. The quantitative estimate of drug-likeness (QED) is 0.156. The van der Waals surface area contributed by atoms with E-state index in [0.717, 1.165) is 10.1 Å². The maximum atomic E-state index is 13.6. The van der Waals surface area contributed by atoms with Crippen molar-refractivity contribution in [3.05, 3.63) is 99.7 Å². The van der Waals surface area contributed by atoms with E-state index in [1.54, 1.807) is 62.9 Å². The fourth-order valence-electron chi connectivity index (χ4n) is 4.41. The third-order valence-electron chi connectivity index (χ3n) is 5.97. The van der Waals surface area contributed by atoms with Crippen LogP contribution < -0.4 is 4.90 Å². The molecule has 40 heavy (non-hydrogen) atoms. The molecule has 0 fully saturated rings. The highest BCUT2D eigenvalue weighted by Gasteiger charge is 2.34. The van der Waals surface area contributed by atoms with Gasteiger partial charge in [0.05, 0.1) is 29.4 Å². The number of nitrogens with zero attached hydrogens (tertiary/aromatic N) is 2. The van der Waals surface area contributed by atoms with Gasteiger partial charge in [-0.15, -0.1) is 0 Å². The second-order valence-corrected chi connectivity index (χ2v) is 11.0. The smallest absolute Gasteiger partial charge is 0.419 e. The molecule has 4 aromatic rings. The topological polar surface area (TPSA) is 77.8 Å². The van der Waals surface area contributed by atoms with Crippen LogP contribution in [0.3, 0.4) is 0 Å². The summed E-state index contributed by atoms with van der Waals surface area (Å²) in [6, 6.07) is 21.4. The van der Waals surface area contributed by atoms with Gasteiger partial charge in [-0.2, -0.15) is 0 Å². The SMILES string of the molecule is CCOC(=O)c1c(N(CC(=O)c2ccccc2)Cc2ccccc2)c2c(Cl)cc(Cl)cc2n1C(=O)OC(C)(C)C. The van der Waals surface area contributed by atoms with Gasteiger partial charge in [-0.05, 0) is 45.4 Å². The summed E-state index contributed by atoms with van der Waals surface area (Å²) in [4.78, 5) is 42.5. The summed E-state index contributed by atoms with van der Waals surface area (Å²) in [5.41, 5.74) is 0.940. The first-order valence-electron chi connectivity index (χ1n) is 12.8. The normalized spacial score (nSPS) is 11.3. The molecule has 0 N–H and O–H groups in total. The number of benzene rings is 3. The Morgan fingerprint density at radius 1 is 0.925 bits per heavy atom. The van der Waals surface area contributed by atoms with Crippen LogP contribution in [0, 0.1) is 0 Å². The average molecular weight is 581 g/mol. The Bertz CT molecular complexity index is 1540. The number of aromatic nitrogens is 1. The van der Waals surface area contributed by atoms with Gasteiger partial charge in [0.25, 0.3) is 0 Å². The molecule has 0 unspecified atom stereocenters. The molecule has 0 spiro atoms. The molecule has 208 valence electrons. The Morgan fingerprint density at radius 2 is 1.55 bits per heavy atom. The van der Waals surface area contributed by atoms with Gasteiger partial charge in [-0.3, -0.25) is 4.79 Å². The summed E-state index contributed by atoms with van der Waals surface area (Å²) in [5.74, 6) is -0.952. The fraction of sp³-hybridized carbons (Fsp3) is 0.258. The van der Waals surface area contributed by atoms with Crippen LogP contribution in [0.5, 0.6) is 0 Å². The number of carbonyl (C=O) groups excluding carboxylic acids is 3. The zero-order valence-electron chi connectivity index (χ0n) is 22.7. The Kier molecular flexibility index (Phi) is 8.86. The molecular weight excluding hydrogens is 551 g/mol. The lowest BCUT2D eigenvalue weighted by molar-refractivity contribution is 0.0454. The van der Waals surface area contributed by atoms with Crippen LogP contribution in [0.15, 0.2) is 72.8 Å². The van der Waals surface area contributed by atoms with Crippen LogP contribution in [0.4, 0.5) is 10.5 Å². The second-order valence-electron chi connectivity index (χ2n) is 10.1. The molecule has 1 aromatic heterocycles. The van der Waals surface area contributed by atoms with E-state index < -0.39 is 17.7 Å². The first-order valence-corrected chi connectivity index (χ1v) is 13.6. The highest BCUT2D eigenvalue weighted by molar-refractivity contribution is 6.40. The lowest BCUT2D eigenvalue weighted by Crippen LogP contribution is -2.33. The Balaban J connectivity index is 2.02. The monoisotopic (exact) mass is 580 g/mol. The van der Waals surface area contributed by atoms with Crippen molar-refractivity contribution in [1.82, 2.24) is 4.57 Å². The molecule has 4 rings (SSSR count). The van der Waals surface area contributed by atoms with Gasteiger partial charge in [-0.25, -0.2) is 14.2 Å². The third kappa shape index (κ3) is 6.49. The zero-order valence-corrected chi connectivity index (χ0v) is 24.3. The van der Waals surface area contributed by atoms with Crippen molar-refractivity contribution in [3.63, 3.8) is 0 Å². The highest BCUT2D eigenvalue weighted by atomic mass is 35.5. The number of ketones is 1. The molecule has 0 aliphatic rings. The van der Waals surface area contributed by atoms with E-state index in [1.165, 1.54) is 6.07 Å². The van der Waals surface area contributed by atoms with Crippen molar-refractivity contribution in [2.24, 2.45) is 0 Å². The fourth-order valence-corrected chi connectivity index (χ4v) is 4.99. The molecule has 0 bridgehead atoms. The van der Waals surface area contributed by atoms with Crippen molar-refractivity contribution >= 4 is 57.6 Å². The van der Waals surface area contributed by atoms with Crippen molar-refractivity contribution in [2.45, 2.75) is 39.8 Å². The van der Waals surface area contributed by atoms with Gasteiger partial charge in [0.1, 0.15) is 5.60 Å². The maximum absolute atomic E-state index is 13.6. The molecule has 9 heteroatoms. The van der Waals surface area contributed by atoms with Gasteiger partial charge in [-0.1, -0.05) is 83.9 Å². The summed E-state index contributed by atoms with van der Waals surface area (Å²) in [7, 11) is 0. The van der Waals surface area contributed by atoms with Crippen molar-refractivity contribution < 1.29 is 23.9 Å². The van der Waals surface area contributed by atoms with E-state index in [0.29, 0.717) is 10.9 Å². The molecule has 0 saturated carbocycles. The van der Waals surface area contributed by atoms with Crippen molar-refractivity contribution in [3.8, 4) is 0 Å². The van der Waals surface area contributed by atoms with Gasteiger partial charge < -0.3 is 14.4 Å². The first-order chi connectivity index (χ1) is 19.0. The van der Waals surface area contributed by atoms with E-state index >= 15 is 0 Å². The van der Waals surface area contributed by atoms with E-state index in [2.05, 4.69) is 0 Å². The van der Waals surface area contributed by atoms with Gasteiger partial charge in [0.2, 0.25) is 0 Å². The second kappa shape index (κ2) is 12.1. The molecule has 0 radical (unpaired) electrons. The van der Waals surface area contributed by atoms with E-state index in [-0.39, 0.29) is 52.4 Å². The van der Waals surface area contributed by atoms with E-state index in [9.17, 15) is 14.4 Å². The maximum Gasteiger partial charge on any atom is 0.419 e. The first kappa shape index (κ1) is 29.2. The molecule has 0 amide bonds. The van der Waals surface area contributed by atoms with Crippen LogP contribution in [-0.2, 0) is 16.0 Å². The number of hydrogen-bond donors (Lipinski definition) is 0. The lowest BCUT2D eigenvalue weighted by atomic mass is 10.1. The Labute approximate surface area is 243 Å².